The Kier molecular flexibility index (Phi) is 7.08. The maximum Gasteiger partial charge on any atom is 0.232 e. The van der Waals surface area contributed by atoms with Crippen molar-refractivity contribution < 1.29 is 4.79 Å². The van der Waals surface area contributed by atoms with Crippen molar-refractivity contribution in [3.8, 4) is 0 Å². The third-order valence-electron chi connectivity index (χ3n) is 4.01. The molecular weight excluding hydrogens is 244 g/mol. The number of amides is 1. The first-order valence-corrected chi connectivity index (χ1v) is 8.29. The second-order valence-corrected chi connectivity index (χ2v) is 6.63. The molecule has 18 heavy (non-hydrogen) atoms. The lowest BCUT2D eigenvalue weighted by Gasteiger charge is -2.33. The van der Waals surface area contributed by atoms with Crippen LogP contribution in [0.1, 0.15) is 46.0 Å². The average Bonchev–Trinajstić information content (AvgIpc) is 2.38. The van der Waals surface area contributed by atoms with Crippen LogP contribution in [-0.4, -0.2) is 41.4 Å². The lowest BCUT2D eigenvalue weighted by molar-refractivity contribution is -0.129. The normalized spacial score (nSPS) is 25.8. The second kappa shape index (κ2) is 8.05. The van der Waals surface area contributed by atoms with Gasteiger partial charge < -0.3 is 10.6 Å². The SMILES string of the molecule is CCC(N)CSCC(=O)N(C)C1CCC(C)CC1. The minimum atomic E-state index is 0.226. The number of hydrogen-bond acceptors (Lipinski definition) is 3. The summed E-state index contributed by atoms with van der Waals surface area (Å²) < 4.78 is 0. The van der Waals surface area contributed by atoms with Crippen molar-refractivity contribution in [1.82, 2.24) is 4.90 Å². The van der Waals surface area contributed by atoms with Crippen LogP contribution in [0.2, 0.25) is 0 Å². The van der Waals surface area contributed by atoms with E-state index in [4.69, 9.17) is 5.73 Å². The molecule has 0 aromatic rings. The van der Waals surface area contributed by atoms with Gasteiger partial charge in [0, 0.05) is 24.9 Å². The number of thioether (sulfide) groups is 1. The van der Waals surface area contributed by atoms with Gasteiger partial charge in [0.2, 0.25) is 5.91 Å². The minimum absolute atomic E-state index is 0.226. The molecule has 1 unspecified atom stereocenters. The maximum absolute atomic E-state index is 12.1. The van der Waals surface area contributed by atoms with Crippen LogP contribution in [0.15, 0.2) is 0 Å². The third-order valence-corrected chi connectivity index (χ3v) is 5.12. The number of hydrogen-bond donors (Lipinski definition) is 1. The van der Waals surface area contributed by atoms with Crippen LogP contribution in [0.5, 0.6) is 0 Å². The third kappa shape index (κ3) is 5.19. The van der Waals surface area contributed by atoms with Crippen molar-refractivity contribution in [3.63, 3.8) is 0 Å². The Hall–Kier alpha value is -0.220. The lowest BCUT2D eigenvalue weighted by atomic mass is 9.87. The molecule has 0 aromatic heterocycles. The van der Waals surface area contributed by atoms with E-state index < -0.39 is 0 Å². The Morgan fingerprint density at radius 1 is 1.39 bits per heavy atom. The molecule has 1 amide bonds. The highest BCUT2D eigenvalue weighted by molar-refractivity contribution is 7.99. The van der Waals surface area contributed by atoms with Gasteiger partial charge in [-0.2, -0.15) is 11.8 Å². The number of nitrogens with zero attached hydrogens (tertiary/aromatic N) is 1. The van der Waals surface area contributed by atoms with E-state index in [1.807, 2.05) is 11.9 Å². The summed E-state index contributed by atoms with van der Waals surface area (Å²) in [6, 6.07) is 0.692. The van der Waals surface area contributed by atoms with Crippen LogP contribution in [0.3, 0.4) is 0 Å². The minimum Gasteiger partial charge on any atom is -0.342 e. The Morgan fingerprint density at radius 2 is 2.00 bits per heavy atom. The summed E-state index contributed by atoms with van der Waals surface area (Å²) in [7, 11) is 1.96. The topological polar surface area (TPSA) is 46.3 Å². The fourth-order valence-corrected chi connectivity index (χ4v) is 3.39. The molecule has 1 saturated carbocycles. The maximum atomic E-state index is 12.1. The first-order chi connectivity index (χ1) is 8.54. The molecule has 1 aliphatic rings. The zero-order valence-corrected chi connectivity index (χ0v) is 12.8. The van der Waals surface area contributed by atoms with E-state index in [2.05, 4.69) is 13.8 Å². The molecular formula is C14H28N2OS. The highest BCUT2D eigenvalue weighted by Gasteiger charge is 2.24. The molecule has 1 rings (SSSR count). The molecule has 0 bridgehead atoms. The first kappa shape index (κ1) is 15.8. The number of carbonyl (C=O) groups excluding carboxylic acids is 1. The van der Waals surface area contributed by atoms with Crippen LogP contribution in [0.25, 0.3) is 0 Å². The molecule has 1 fully saturated rings. The predicted octanol–water partition coefficient (Wildman–Crippen LogP) is 2.49. The van der Waals surface area contributed by atoms with Crippen LogP contribution in [0, 0.1) is 5.92 Å². The monoisotopic (exact) mass is 272 g/mol. The van der Waals surface area contributed by atoms with Gasteiger partial charge in [-0.15, -0.1) is 0 Å². The van der Waals surface area contributed by atoms with Crippen molar-refractivity contribution in [2.24, 2.45) is 11.7 Å². The smallest absolute Gasteiger partial charge is 0.232 e. The van der Waals surface area contributed by atoms with Gasteiger partial charge in [0.25, 0.3) is 0 Å². The molecule has 0 radical (unpaired) electrons. The van der Waals surface area contributed by atoms with E-state index in [0.29, 0.717) is 11.8 Å². The summed E-state index contributed by atoms with van der Waals surface area (Å²) in [6.45, 7) is 4.39. The quantitative estimate of drug-likeness (QED) is 0.808. The van der Waals surface area contributed by atoms with Gasteiger partial charge in [-0.25, -0.2) is 0 Å². The van der Waals surface area contributed by atoms with Gasteiger partial charge in [0.05, 0.1) is 5.75 Å². The molecule has 0 spiro atoms. The Morgan fingerprint density at radius 3 is 2.56 bits per heavy atom. The van der Waals surface area contributed by atoms with Crippen molar-refractivity contribution >= 4 is 17.7 Å². The van der Waals surface area contributed by atoms with Crippen LogP contribution >= 0.6 is 11.8 Å². The fraction of sp³-hybridized carbons (Fsp3) is 0.929. The predicted molar refractivity (Wildman–Crippen MR) is 79.8 cm³/mol. The van der Waals surface area contributed by atoms with Gasteiger partial charge in [-0.3, -0.25) is 4.79 Å². The molecule has 0 aliphatic heterocycles. The van der Waals surface area contributed by atoms with Gasteiger partial charge in [0.15, 0.2) is 0 Å². The molecule has 2 N–H and O–H groups in total. The summed E-state index contributed by atoms with van der Waals surface area (Å²) in [4.78, 5) is 14.0. The van der Waals surface area contributed by atoms with E-state index in [1.54, 1.807) is 11.8 Å². The van der Waals surface area contributed by atoms with Gasteiger partial charge in [-0.1, -0.05) is 13.8 Å². The van der Waals surface area contributed by atoms with Crippen LogP contribution in [0.4, 0.5) is 0 Å². The zero-order chi connectivity index (χ0) is 13.5. The molecule has 106 valence electrons. The summed E-state index contributed by atoms with van der Waals surface area (Å²) in [5.41, 5.74) is 5.85. The Bertz CT molecular complexity index is 252. The summed E-state index contributed by atoms with van der Waals surface area (Å²) in [6.07, 6.45) is 5.84. The van der Waals surface area contributed by atoms with E-state index in [9.17, 15) is 4.79 Å². The molecule has 3 nitrogen and oxygen atoms in total. The fourth-order valence-electron chi connectivity index (χ4n) is 2.35. The number of nitrogens with two attached hydrogens (primary N) is 1. The molecule has 0 saturated heterocycles. The number of rotatable bonds is 6. The van der Waals surface area contributed by atoms with E-state index in [0.717, 1.165) is 18.1 Å². The largest absolute Gasteiger partial charge is 0.342 e. The molecule has 0 aromatic carbocycles. The molecule has 1 aliphatic carbocycles. The second-order valence-electron chi connectivity index (χ2n) is 5.60. The van der Waals surface area contributed by atoms with Crippen molar-refractivity contribution in [2.75, 3.05) is 18.6 Å². The summed E-state index contributed by atoms with van der Waals surface area (Å²) in [5, 5.41) is 0. The van der Waals surface area contributed by atoms with Gasteiger partial charge in [-0.05, 0) is 38.0 Å². The Balaban J connectivity index is 2.24. The van der Waals surface area contributed by atoms with Crippen molar-refractivity contribution in [1.29, 1.82) is 0 Å². The van der Waals surface area contributed by atoms with Crippen LogP contribution < -0.4 is 5.73 Å². The zero-order valence-electron chi connectivity index (χ0n) is 12.0. The highest BCUT2D eigenvalue weighted by atomic mass is 32.2. The van der Waals surface area contributed by atoms with Gasteiger partial charge in [0.1, 0.15) is 0 Å². The van der Waals surface area contributed by atoms with E-state index >= 15 is 0 Å². The van der Waals surface area contributed by atoms with Crippen molar-refractivity contribution in [3.05, 3.63) is 0 Å². The lowest BCUT2D eigenvalue weighted by Crippen LogP contribution is -2.40. The highest BCUT2D eigenvalue weighted by Crippen LogP contribution is 2.26. The molecule has 0 heterocycles. The van der Waals surface area contributed by atoms with Gasteiger partial charge >= 0.3 is 0 Å². The number of carbonyl (C=O) groups is 1. The van der Waals surface area contributed by atoms with E-state index in [1.165, 1.54) is 25.7 Å². The Labute approximate surface area is 116 Å². The summed E-state index contributed by atoms with van der Waals surface area (Å²) in [5.74, 6) is 2.57. The first-order valence-electron chi connectivity index (χ1n) is 7.13. The molecule has 1 atom stereocenters. The van der Waals surface area contributed by atoms with Crippen molar-refractivity contribution in [2.45, 2.75) is 58.0 Å². The average molecular weight is 272 g/mol. The molecule has 4 heteroatoms. The van der Waals surface area contributed by atoms with Crippen LogP contribution in [-0.2, 0) is 4.79 Å². The summed E-state index contributed by atoms with van der Waals surface area (Å²) >= 11 is 1.67. The standard InChI is InChI=1S/C14H28N2OS/c1-4-12(15)9-18-10-14(17)16(3)13-7-5-11(2)6-8-13/h11-13H,4-10,15H2,1-3H3. The van der Waals surface area contributed by atoms with E-state index in [-0.39, 0.29) is 11.9 Å².